The normalized spacial score (nSPS) is 12.3. The molecule has 1 nitrogen and oxygen atoms in total. The van der Waals surface area contributed by atoms with Crippen molar-refractivity contribution in [2.45, 2.75) is 12.5 Å². The van der Waals surface area contributed by atoms with Gasteiger partial charge in [0, 0.05) is 5.56 Å². The smallest absolute Gasteiger partial charge is 0.406 e. The fourth-order valence-corrected chi connectivity index (χ4v) is 1.76. The summed E-state index contributed by atoms with van der Waals surface area (Å²) in [5.74, 6) is -1.47. The average molecular weight is 324 g/mol. The minimum absolute atomic E-state index is 0.00174. The Labute approximate surface area is 119 Å². The highest BCUT2D eigenvalue weighted by Crippen LogP contribution is 2.34. The van der Waals surface area contributed by atoms with E-state index in [-0.39, 0.29) is 11.1 Å². The van der Waals surface area contributed by atoms with Gasteiger partial charge >= 0.3 is 12.5 Å². The van der Waals surface area contributed by atoms with E-state index in [2.05, 4.69) is 4.74 Å². The summed E-state index contributed by atoms with van der Waals surface area (Å²) in [6.45, 7) is 0. The third kappa shape index (κ3) is 3.90. The van der Waals surface area contributed by atoms with Crippen LogP contribution in [0.5, 0.6) is 5.75 Å². The fourth-order valence-electron chi connectivity index (χ4n) is 1.76. The van der Waals surface area contributed by atoms with E-state index in [0.29, 0.717) is 18.2 Å². The zero-order valence-electron chi connectivity index (χ0n) is 10.6. The molecule has 0 amide bonds. The van der Waals surface area contributed by atoms with Crippen molar-refractivity contribution in [1.29, 1.82) is 0 Å². The molecule has 0 fully saturated rings. The lowest BCUT2D eigenvalue weighted by molar-refractivity contribution is -0.274. The molecule has 8 heteroatoms. The van der Waals surface area contributed by atoms with Crippen molar-refractivity contribution in [3.63, 3.8) is 0 Å². The third-order valence-electron chi connectivity index (χ3n) is 2.69. The molecule has 0 saturated heterocycles. The number of hydrogen-bond donors (Lipinski definition) is 0. The Kier molecular flexibility index (Phi) is 4.04. The minimum Gasteiger partial charge on any atom is -0.406 e. The van der Waals surface area contributed by atoms with E-state index >= 15 is 0 Å². The molecule has 2 aromatic carbocycles. The van der Waals surface area contributed by atoms with E-state index in [1.165, 1.54) is 0 Å². The van der Waals surface area contributed by atoms with Gasteiger partial charge in [0.15, 0.2) is 0 Å². The van der Waals surface area contributed by atoms with Crippen molar-refractivity contribution >= 4 is 0 Å². The number of halogens is 7. The van der Waals surface area contributed by atoms with Gasteiger partial charge in [-0.25, -0.2) is 4.39 Å². The van der Waals surface area contributed by atoms with E-state index in [9.17, 15) is 30.7 Å². The molecule has 118 valence electrons. The molecule has 2 rings (SSSR count). The predicted molar refractivity (Wildman–Crippen MR) is 63.5 cm³/mol. The summed E-state index contributed by atoms with van der Waals surface area (Å²) in [4.78, 5) is 0. The Morgan fingerprint density at radius 1 is 0.773 bits per heavy atom. The first-order valence-corrected chi connectivity index (χ1v) is 5.79. The summed E-state index contributed by atoms with van der Waals surface area (Å²) in [6, 6.07) is 5.69. The molecule has 0 aromatic heterocycles. The van der Waals surface area contributed by atoms with Gasteiger partial charge in [0.1, 0.15) is 11.6 Å². The highest BCUT2D eigenvalue weighted by molar-refractivity contribution is 5.65. The molecule has 0 bridgehead atoms. The molecule has 0 aliphatic rings. The van der Waals surface area contributed by atoms with Crippen LogP contribution in [0.4, 0.5) is 30.7 Å². The molecular formula is C14H7F7O. The van der Waals surface area contributed by atoms with Crippen molar-refractivity contribution in [3.8, 4) is 16.9 Å². The van der Waals surface area contributed by atoms with Crippen molar-refractivity contribution < 1.29 is 35.5 Å². The summed E-state index contributed by atoms with van der Waals surface area (Å²) >= 11 is 0. The molecular weight excluding hydrogens is 317 g/mol. The van der Waals surface area contributed by atoms with Gasteiger partial charge in [0.2, 0.25) is 0 Å². The third-order valence-corrected chi connectivity index (χ3v) is 2.69. The molecule has 0 aliphatic carbocycles. The van der Waals surface area contributed by atoms with Crippen LogP contribution < -0.4 is 4.74 Å². The van der Waals surface area contributed by atoms with Crippen LogP contribution in [-0.2, 0) is 6.18 Å². The lowest BCUT2D eigenvalue weighted by Crippen LogP contribution is -2.16. The highest BCUT2D eigenvalue weighted by Gasteiger charge is 2.32. The van der Waals surface area contributed by atoms with Crippen LogP contribution in [0, 0.1) is 5.82 Å². The van der Waals surface area contributed by atoms with E-state index in [0.717, 1.165) is 24.3 Å². The summed E-state index contributed by atoms with van der Waals surface area (Å²) in [6.07, 6.45) is -9.54. The minimum atomic E-state index is -4.89. The zero-order chi connectivity index (χ0) is 16.5. The monoisotopic (exact) mass is 324 g/mol. The van der Waals surface area contributed by atoms with E-state index in [1.54, 1.807) is 0 Å². The Hall–Kier alpha value is -2.25. The lowest BCUT2D eigenvalue weighted by Gasteiger charge is -2.11. The van der Waals surface area contributed by atoms with Crippen LogP contribution >= 0.6 is 0 Å². The topological polar surface area (TPSA) is 9.23 Å². The van der Waals surface area contributed by atoms with Crippen LogP contribution in [0.1, 0.15) is 5.56 Å². The van der Waals surface area contributed by atoms with Crippen molar-refractivity contribution in [1.82, 2.24) is 0 Å². The summed E-state index contributed by atoms with van der Waals surface area (Å²) in [5.41, 5.74) is -1.42. The van der Waals surface area contributed by atoms with Crippen LogP contribution in [-0.4, -0.2) is 6.36 Å². The Morgan fingerprint density at radius 3 is 1.86 bits per heavy atom. The summed E-state index contributed by atoms with van der Waals surface area (Å²) in [7, 11) is 0. The van der Waals surface area contributed by atoms with Gasteiger partial charge < -0.3 is 4.74 Å². The van der Waals surface area contributed by atoms with Gasteiger partial charge in [-0.1, -0.05) is 12.1 Å². The first-order valence-electron chi connectivity index (χ1n) is 5.79. The number of rotatable bonds is 2. The van der Waals surface area contributed by atoms with E-state index in [1.807, 2.05) is 0 Å². The number of benzene rings is 2. The van der Waals surface area contributed by atoms with E-state index < -0.39 is 29.7 Å². The second-order valence-electron chi connectivity index (χ2n) is 4.26. The number of alkyl halides is 6. The Bertz CT molecular complexity index is 656. The lowest BCUT2D eigenvalue weighted by atomic mass is 10.0. The van der Waals surface area contributed by atoms with Gasteiger partial charge in [-0.15, -0.1) is 13.2 Å². The zero-order valence-corrected chi connectivity index (χ0v) is 10.6. The van der Waals surface area contributed by atoms with Gasteiger partial charge in [-0.05, 0) is 35.9 Å². The molecule has 0 heterocycles. The van der Waals surface area contributed by atoms with E-state index in [4.69, 9.17) is 0 Å². The van der Waals surface area contributed by atoms with Crippen LogP contribution in [0.2, 0.25) is 0 Å². The largest absolute Gasteiger partial charge is 0.573 e. The molecule has 2 aromatic rings. The van der Waals surface area contributed by atoms with Crippen LogP contribution in [0.25, 0.3) is 11.1 Å². The van der Waals surface area contributed by atoms with Crippen molar-refractivity contribution in [3.05, 3.63) is 53.8 Å². The number of hydrogen-bond acceptors (Lipinski definition) is 1. The molecule has 0 unspecified atom stereocenters. The Morgan fingerprint density at radius 2 is 1.36 bits per heavy atom. The maximum Gasteiger partial charge on any atom is 0.573 e. The van der Waals surface area contributed by atoms with Gasteiger partial charge in [-0.3, -0.25) is 0 Å². The molecule has 0 saturated carbocycles. The second kappa shape index (κ2) is 5.51. The summed E-state index contributed by atoms with van der Waals surface area (Å²) < 4.78 is 91.1. The van der Waals surface area contributed by atoms with Crippen molar-refractivity contribution in [2.24, 2.45) is 0 Å². The SMILES string of the molecule is Fc1ccc(C(F)(F)F)cc1-c1ccc(OC(F)(F)F)cc1. The Balaban J connectivity index is 2.36. The van der Waals surface area contributed by atoms with Gasteiger partial charge in [-0.2, -0.15) is 13.2 Å². The maximum atomic E-state index is 13.6. The molecule has 22 heavy (non-hydrogen) atoms. The van der Waals surface area contributed by atoms with Crippen LogP contribution in [0.3, 0.4) is 0 Å². The first kappa shape index (κ1) is 16.1. The molecule has 0 N–H and O–H groups in total. The van der Waals surface area contributed by atoms with Crippen LogP contribution in [0.15, 0.2) is 42.5 Å². The fraction of sp³-hybridized carbons (Fsp3) is 0.143. The quantitative estimate of drug-likeness (QED) is 0.671. The second-order valence-corrected chi connectivity index (χ2v) is 4.26. The number of ether oxygens (including phenoxy) is 1. The molecule has 0 atom stereocenters. The highest BCUT2D eigenvalue weighted by atomic mass is 19.4. The molecule has 0 aliphatic heterocycles. The average Bonchev–Trinajstić information content (AvgIpc) is 2.37. The van der Waals surface area contributed by atoms with Gasteiger partial charge in [0.05, 0.1) is 5.56 Å². The molecule has 0 spiro atoms. The van der Waals surface area contributed by atoms with Gasteiger partial charge in [0.25, 0.3) is 0 Å². The molecule has 0 radical (unpaired) electrons. The summed E-state index contributed by atoms with van der Waals surface area (Å²) in [5, 5.41) is 0. The standard InChI is InChI=1S/C14H7F7O/c15-12-6-3-9(13(16,17)18)7-11(12)8-1-4-10(5-2-8)22-14(19,20)21/h1-7H. The first-order chi connectivity index (χ1) is 10.1. The predicted octanol–water partition coefficient (Wildman–Crippen LogP) is 5.41. The van der Waals surface area contributed by atoms with Crippen molar-refractivity contribution in [2.75, 3.05) is 0 Å². The maximum absolute atomic E-state index is 13.6.